The van der Waals surface area contributed by atoms with Crippen LogP contribution in [0.1, 0.15) is 52.4 Å². The molecular weight excluding hydrogens is 308 g/mol. The molecule has 0 saturated carbocycles. The van der Waals surface area contributed by atoms with Gasteiger partial charge in [0.15, 0.2) is 0 Å². The first-order valence-corrected chi connectivity index (χ1v) is 9.50. The van der Waals surface area contributed by atoms with Crippen LogP contribution in [0.2, 0.25) is 0 Å². The van der Waals surface area contributed by atoms with Gasteiger partial charge in [-0.3, -0.25) is 19.4 Å². The molecule has 2 atom stereocenters. The normalized spacial score (nSPS) is 22.6. The Morgan fingerprint density at radius 1 is 0.708 bits per heavy atom. The Balaban J connectivity index is 2.26. The number of carbonyl (C=O) groups excluding carboxylic acids is 2. The van der Waals surface area contributed by atoms with Crippen LogP contribution in [-0.4, -0.2) is 73.2 Å². The number of nitrogens with zero attached hydrogens (tertiary/aromatic N) is 2. The van der Waals surface area contributed by atoms with Crippen molar-refractivity contribution in [3.8, 4) is 0 Å². The molecule has 0 spiro atoms. The van der Waals surface area contributed by atoms with E-state index >= 15 is 0 Å². The second-order valence-corrected chi connectivity index (χ2v) is 6.59. The Bertz CT molecular complexity index is 366. The molecule has 6 nitrogen and oxygen atoms in total. The largest absolute Gasteiger partial charge is 0.465 e. The SMILES string of the molecule is CCOC(=O)C(C(C(=O)OCC)N1CCCCC1)N1CCCCC1. The number of rotatable bonds is 7. The Labute approximate surface area is 145 Å². The van der Waals surface area contributed by atoms with E-state index in [4.69, 9.17) is 9.47 Å². The molecule has 2 aliphatic rings. The van der Waals surface area contributed by atoms with E-state index < -0.39 is 12.1 Å². The van der Waals surface area contributed by atoms with E-state index in [9.17, 15) is 9.59 Å². The van der Waals surface area contributed by atoms with E-state index in [1.54, 1.807) is 0 Å². The lowest BCUT2D eigenvalue weighted by Gasteiger charge is -2.42. The summed E-state index contributed by atoms with van der Waals surface area (Å²) in [5, 5.41) is 0. The van der Waals surface area contributed by atoms with Gasteiger partial charge in [-0.1, -0.05) is 12.8 Å². The smallest absolute Gasteiger partial charge is 0.325 e. The highest BCUT2D eigenvalue weighted by atomic mass is 16.5. The van der Waals surface area contributed by atoms with Crippen molar-refractivity contribution in [2.75, 3.05) is 39.4 Å². The van der Waals surface area contributed by atoms with E-state index in [1.165, 1.54) is 12.8 Å². The zero-order valence-corrected chi connectivity index (χ0v) is 15.2. The fraction of sp³-hybridized carbons (Fsp3) is 0.889. The molecule has 2 fully saturated rings. The topological polar surface area (TPSA) is 59.1 Å². The summed E-state index contributed by atoms with van der Waals surface area (Å²) in [5.74, 6) is -0.578. The number of carbonyl (C=O) groups is 2. The third-order valence-corrected chi connectivity index (χ3v) is 4.92. The number of ether oxygens (including phenoxy) is 2. The molecule has 0 aromatic rings. The van der Waals surface area contributed by atoms with Gasteiger partial charge in [-0.25, -0.2) is 0 Å². The maximum absolute atomic E-state index is 12.7. The minimum Gasteiger partial charge on any atom is -0.465 e. The zero-order valence-electron chi connectivity index (χ0n) is 15.2. The van der Waals surface area contributed by atoms with E-state index in [0.29, 0.717) is 13.2 Å². The van der Waals surface area contributed by atoms with Crippen molar-refractivity contribution in [2.24, 2.45) is 0 Å². The molecule has 2 saturated heterocycles. The first-order valence-electron chi connectivity index (χ1n) is 9.50. The Hall–Kier alpha value is -1.14. The van der Waals surface area contributed by atoms with Gasteiger partial charge in [-0.2, -0.15) is 0 Å². The molecule has 6 heteroatoms. The Morgan fingerprint density at radius 2 is 1.04 bits per heavy atom. The van der Waals surface area contributed by atoms with E-state index in [1.807, 2.05) is 13.8 Å². The van der Waals surface area contributed by atoms with Gasteiger partial charge in [-0.05, 0) is 65.7 Å². The maximum atomic E-state index is 12.7. The van der Waals surface area contributed by atoms with E-state index in [0.717, 1.165) is 51.9 Å². The number of hydrogen-bond acceptors (Lipinski definition) is 6. The third kappa shape index (κ3) is 4.93. The van der Waals surface area contributed by atoms with Crippen LogP contribution in [0.5, 0.6) is 0 Å². The van der Waals surface area contributed by atoms with Crippen LogP contribution < -0.4 is 0 Å². The summed E-state index contributed by atoms with van der Waals surface area (Å²) in [6, 6.07) is -1.11. The molecule has 0 amide bonds. The van der Waals surface area contributed by atoms with Crippen LogP contribution >= 0.6 is 0 Å². The van der Waals surface area contributed by atoms with Gasteiger partial charge >= 0.3 is 11.9 Å². The van der Waals surface area contributed by atoms with Gasteiger partial charge in [0.25, 0.3) is 0 Å². The number of piperidine rings is 2. The lowest BCUT2D eigenvalue weighted by molar-refractivity contribution is -0.165. The summed E-state index contributed by atoms with van der Waals surface area (Å²) >= 11 is 0. The Morgan fingerprint density at radius 3 is 1.33 bits per heavy atom. The minimum atomic E-state index is -0.553. The molecule has 0 aliphatic carbocycles. The molecular formula is C18H32N2O4. The zero-order chi connectivity index (χ0) is 17.4. The second-order valence-electron chi connectivity index (χ2n) is 6.59. The van der Waals surface area contributed by atoms with Crippen molar-refractivity contribution in [3.05, 3.63) is 0 Å². The summed E-state index contributed by atoms with van der Waals surface area (Å²) in [6.07, 6.45) is 6.60. The van der Waals surface area contributed by atoms with Crippen LogP contribution in [0, 0.1) is 0 Å². The van der Waals surface area contributed by atoms with Gasteiger partial charge in [0, 0.05) is 0 Å². The average molecular weight is 340 g/mol. The number of hydrogen-bond donors (Lipinski definition) is 0. The van der Waals surface area contributed by atoms with Gasteiger partial charge in [0.2, 0.25) is 0 Å². The first-order chi connectivity index (χ1) is 11.7. The van der Waals surface area contributed by atoms with Crippen LogP contribution in [-0.2, 0) is 19.1 Å². The van der Waals surface area contributed by atoms with Crippen LogP contribution in [0.15, 0.2) is 0 Å². The molecule has 2 heterocycles. The molecule has 2 unspecified atom stereocenters. The van der Waals surface area contributed by atoms with Gasteiger partial charge in [0.1, 0.15) is 12.1 Å². The molecule has 0 N–H and O–H groups in total. The summed E-state index contributed by atoms with van der Waals surface area (Å²) in [7, 11) is 0. The highest BCUT2D eigenvalue weighted by molar-refractivity contribution is 5.87. The van der Waals surface area contributed by atoms with Gasteiger partial charge in [-0.15, -0.1) is 0 Å². The van der Waals surface area contributed by atoms with Crippen molar-refractivity contribution in [1.29, 1.82) is 0 Å². The molecule has 0 radical (unpaired) electrons. The Kier molecular flexibility index (Phi) is 7.99. The predicted molar refractivity (Wildman–Crippen MR) is 91.7 cm³/mol. The number of likely N-dealkylation sites (tertiary alicyclic amines) is 2. The van der Waals surface area contributed by atoms with E-state index in [2.05, 4.69) is 9.80 Å². The average Bonchev–Trinajstić information content (AvgIpc) is 2.61. The van der Waals surface area contributed by atoms with Crippen LogP contribution in [0.25, 0.3) is 0 Å². The van der Waals surface area contributed by atoms with E-state index in [-0.39, 0.29) is 11.9 Å². The third-order valence-electron chi connectivity index (χ3n) is 4.92. The molecule has 2 aliphatic heterocycles. The summed E-state index contributed by atoms with van der Waals surface area (Å²) in [5.41, 5.74) is 0. The van der Waals surface area contributed by atoms with Gasteiger partial charge < -0.3 is 9.47 Å². The minimum absolute atomic E-state index is 0.289. The summed E-state index contributed by atoms with van der Waals surface area (Å²) < 4.78 is 10.7. The molecule has 0 aromatic carbocycles. The van der Waals surface area contributed by atoms with Crippen LogP contribution in [0.4, 0.5) is 0 Å². The molecule has 2 rings (SSSR count). The lowest BCUT2D eigenvalue weighted by Crippen LogP contribution is -2.61. The quantitative estimate of drug-likeness (QED) is 0.659. The molecule has 24 heavy (non-hydrogen) atoms. The standard InChI is InChI=1S/C18H32N2O4/c1-3-23-17(21)15(19-11-7-5-8-12-19)16(18(22)24-4-2)20-13-9-6-10-14-20/h15-16H,3-14H2,1-2H3. The highest BCUT2D eigenvalue weighted by Crippen LogP contribution is 2.23. The molecule has 138 valence electrons. The maximum Gasteiger partial charge on any atom is 0.325 e. The summed E-state index contributed by atoms with van der Waals surface area (Å²) in [4.78, 5) is 29.7. The monoisotopic (exact) mass is 340 g/mol. The first kappa shape index (κ1) is 19.2. The fourth-order valence-electron chi connectivity index (χ4n) is 3.80. The fourth-order valence-corrected chi connectivity index (χ4v) is 3.80. The van der Waals surface area contributed by atoms with Crippen molar-refractivity contribution >= 4 is 11.9 Å². The van der Waals surface area contributed by atoms with Crippen molar-refractivity contribution in [1.82, 2.24) is 9.80 Å². The molecule has 0 bridgehead atoms. The van der Waals surface area contributed by atoms with Crippen molar-refractivity contribution in [3.63, 3.8) is 0 Å². The van der Waals surface area contributed by atoms with Crippen LogP contribution in [0.3, 0.4) is 0 Å². The second kappa shape index (κ2) is 9.99. The lowest BCUT2D eigenvalue weighted by atomic mass is 9.98. The van der Waals surface area contributed by atoms with Gasteiger partial charge in [0.05, 0.1) is 13.2 Å². The van der Waals surface area contributed by atoms with Crippen molar-refractivity contribution < 1.29 is 19.1 Å². The molecule has 0 aromatic heterocycles. The predicted octanol–water partition coefficient (Wildman–Crippen LogP) is 1.82. The summed E-state index contributed by atoms with van der Waals surface area (Å²) in [6.45, 7) is 7.65. The van der Waals surface area contributed by atoms with Crippen molar-refractivity contribution in [2.45, 2.75) is 64.5 Å². The highest BCUT2D eigenvalue weighted by Gasteiger charge is 2.44. The number of esters is 2.